The van der Waals surface area contributed by atoms with Crippen LogP contribution in [-0.2, 0) is 9.59 Å². The number of nitrogens with one attached hydrogen (secondary N) is 1. The van der Waals surface area contributed by atoms with E-state index in [2.05, 4.69) is 5.32 Å². The summed E-state index contributed by atoms with van der Waals surface area (Å²) < 4.78 is 5.55. The van der Waals surface area contributed by atoms with Crippen molar-refractivity contribution in [1.29, 1.82) is 0 Å². The maximum absolute atomic E-state index is 13.0. The van der Waals surface area contributed by atoms with E-state index in [1.807, 2.05) is 4.90 Å². The second kappa shape index (κ2) is 9.35. The summed E-state index contributed by atoms with van der Waals surface area (Å²) in [6, 6.07) is 5.20. The van der Waals surface area contributed by atoms with Crippen LogP contribution in [0, 0.1) is 17.8 Å². The van der Waals surface area contributed by atoms with Gasteiger partial charge in [-0.3, -0.25) is 14.4 Å². The van der Waals surface area contributed by atoms with E-state index in [1.54, 1.807) is 25.1 Å². The van der Waals surface area contributed by atoms with Gasteiger partial charge in [0.15, 0.2) is 11.9 Å². The summed E-state index contributed by atoms with van der Waals surface area (Å²) in [5.74, 6) is 0.901. The molecule has 8 heteroatoms. The van der Waals surface area contributed by atoms with E-state index in [4.69, 9.17) is 10.5 Å². The molecule has 3 N–H and O–H groups in total. The first-order valence-electron chi connectivity index (χ1n) is 10.6. The Labute approximate surface area is 183 Å². The van der Waals surface area contributed by atoms with Crippen molar-refractivity contribution in [2.24, 2.45) is 23.5 Å². The number of halogens is 1. The normalized spacial score (nSPS) is 26.3. The van der Waals surface area contributed by atoms with Gasteiger partial charge in [0.1, 0.15) is 5.75 Å². The molecule has 30 heavy (non-hydrogen) atoms. The molecule has 1 aromatic rings. The number of rotatable bonds is 4. The molecule has 2 aliphatic heterocycles. The van der Waals surface area contributed by atoms with Crippen molar-refractivity contribution in [3.63, 3.8) is 0 Å². The van der Waals surface area contributed by atoms with Crippen LogP contribution in [0.15, 0.2) is 18.2 Å². The van der Waals surface area contributed by atoms with Gasteiger partial charge in [0.05, 0.1) is 5.69 Å². The third kappa shape index (κ3) is 4.32. The fourth-order valence-corrected chi connectivity index (χ4v) is 4.84. The molecule has 0 radical (unpaired) electrons. The summed E-state index contributed by atoms with van der Waals surface area (Å²) in [6.45, 7) is 3.49. The molecule has 164 valence electrons. The van der Waals surface area contributed by atoms with Crippen molar-refractivity contribution in [2.75, 3.05) is 25.0 Å². The standard InChI is InChI=1S/C22H29N3O4.ClH/c1-13-21(27)24-18-11-15(5-6-19(18)29-13)20(26)14-7-9-25(10-8-14)22(28)17-4-2-3-16(17)12-23;/h5-6,11,13-14,16-17H,2-4,7-10,12,23H2,1H3,(H,24,27);1H/t13?,16-,17-;/m1./s1. The molecule has 1 saturated heterocycles. The lowest BCUT2D eigenvalue weighted by molar-refractivity contribution is -0.137. The monoisotopic (exact) mass is 435 g/mol. The van der Waals surface area contributed by atoms with Crippen LogP contribution in [0.3, 0.4) is 0 Å². The molecular formula is C22H30ClN3O4. The van der Waals surface area contributed by atoms with Crippen LogP contribution in [0.4, 0.5) is 5.69 Å². The van der Waals surface area contributed by atoms with Gasteiger partial charge in [-0.2, -0.15) is 0 Å². The molecule has 1 aliphatic carbocycles. The topological polar surface area (TPSA) is 102 Å². The lowest BCUT2D eigenvalue weighted by atomic mass is 9.87. The zero-order valence-electron chi connectivity index (χ0n) is 17.3. The molecule has 2 fully saturated rings. The number of benzene rings is 1. The quantitative estimate of drug-likeness (QED) is 0.708. The maximum atomic E-state index is 13.0. The second-order valence-corrected chi connectivity index (χ2v) is 8.46. The van der Waals surface area contributed by atoms with Gasteiger partial charge in [-0.05, 0) is 63.3 Å². The number of carbonyl (C=O) groups is 3. The minimum atomic E-state index is -0.537. The summed E-state index contributed by atoms with van der Waals surface area (Å²) in [5.41, 5.74) is 6.95. The number of likely N-dealkylation sites (tertiary alicyclic amines) is 1. The van der Waals surface area contributed by atoms with Gasteiger partial charge in [-0.1, -0.05) is 6.42 Å². The number of nitrogens with two attached hydrogens (primary N) is 1. The average Bonchev–Trinajstić information content (AvgIpc) is 3.22. The number of ether oxygens (including phenoxy) is 1. The number of fused-ring (bicyclic) bond motifs is 1. The van der Waals surface area contributed by atoms with Crippen molar-refractivity contribution in [3.8, 4) is 5.75 Å². The lowest BCUT2D eigenvalue weighted by Gasteiger charge is -2.34. The fourth-order valence-electron chi connectivity index (χ4n) is 4.84. The SMILES string of the molecule is CC1Oc2ccc(C(=O)C3CCN(C(=O)[C@@H]4CCC[C@@H]4CN)CC3)cc2NC1=O.Cl. The number of hydrogen-bond donors (Lipinski definition) is 2. The largest absolute Gasteiger partial charge is 0.479 e. The van der Waals surface area contributed by atoms with Crippen LogP contribution in [0.2, 0.25) is 0 Å². The molecule has 2 amide bonds. The van der Waals surface area contributed by atoms with Gasteiger partial charge in [-0.15, -0.1) is 12.4 Å². The Bertz CT molecular complexity index is 823. The molecule has 7 nitrogen and oxygen atoms in total. The predicted octanol–water partition coefficient (Wildman–Crippen LogP) is 2.62. The van der Waals surface area contributed by atoms with Crippen LogP contribution in [-0.4, -0.2) is 48.2 Å². The molecule has 3 atom stereocenters. The third-order valence-corrected chi connectivity index (χ3v) is 6.65. The van der Waals surface area contributed by atoms with E-state index < -0.39 is 6.10 Å². The molecule has 4 rings (SSSR count). The van der Waals surface area contributed by atoms with Crippen molar-refractivity contribution in [2.45, 2.75) is 45.1 Å². The summed E-state index contributed by atoms with van der Waals surface area (Å²) >= 11 is 0. The Balaban J connectivity index is 0.00000256. The van der Waals surface area contributed by atoms with Crippen LogP contribution in [0.5, 0.6) is 5.75 Å². The van der Waals surface area contributed by atoms with Gasteiger partial charge in [-0.25, -0.2) is 0 Å². The van der Waals surface area contributed by atoms with Gasteiger partial charge in [0.25, 0.3) is 5.91 Å². The summed E-state index contributed by atoms with van der Waals surface area (Å²) in [6.07, 6.45) is 3.85. The van der Waals surface area contributed by atoms with Crippen LogP contribution >= 0.6 is 12.4 Å². The van der Waals surface area contributed by atoms with Gasteiger partial charge in [0.2, 0.25) is 5.91 Å². The summed E-state index contributed by atoms with van der Waals surface area (Å²) in [5, 5.41) is 2.79. The highest BCUT2D eigenvalue weighted by atomic mass is 35.5. The average molecular weight is 436 g/mol. The van der Waals surface area contributed by atoms with E-state index in [1.165, 1.54) is 0 Å². The molecule has 0 spiro atoms. The molecule has 3 aliphatic rings. The number of hydrogen-bond acceptors (Lipinski definition) is 5. The molecule has 1 aromatic carbocycles. The van der Waals surface area contributed by atoms with Crippen LogP contribution in [0.1, 0.15) is 49.4 Å². The predicted molar refractivity (Wildman–Crippen MR) is 116 cm³/mol. The fraction of sp³-hybridized carbons (Fsp3) is 0.591. The highest BCUT2D eigenvalue weighted by Crippen LogP contribution is 2.35. The van der Waals surface area contributed by atoms with E-state index >= 15 is 0 Å². The third-order valence-electron chi connectivity index (χ3n) is 6.65. The zero-order chi connectivity index (χ0) is 20.5. The molecular weight excluding hydrogens is 406 g/mol. The molecule has 1 unspecified atom stereocenters. The van der Waals surface area contributed by atoms with Gasteiger partial charge < -0.3 is 20.7 Å². The van der Waals surface area contributed by atoms with Gasteiger partial charge >= 0.3 is 0 Å². The molecule has 1 saturated carbocycles. The highest BCUT2D eigenvalue weighted by Gasteiger charge is 2.37. The number of anilines is 1. The number of amides is 2. The Morgan fingerprint density at radius 2 is 1.93 bits per heavy atom. The number of piperidine rings is 1. The minimum absolute atomic E-state index is 0. The van der Waals surface area contributed by atoms with Gasteiger partial charge in [0, 0.05) is 30.5 Å². The highest BCUT2D eigenvalue weighted by molar-refractivity contribution is 6.02. The maximum Gasteiger partial charge on any atom is 0.265 e. The first-order valence-corrected chi connectivity index (χ1v) is 10.6. The Morgan fingerprint density at radius 1 is 1.20 bits per heavy atom. The summed E-state index contributed by atoms with van der Waals surface area (Å²) in [4.78, 5) is 39.6. The first-order chi connectivity index (χ1) is 14.0. The summed E-state index contributed by atoms with van der Waals surface area (Å²) in [7, 11) is 0. The van der Waals surface area contributed by atoms with Crippen molar-refractivity contribution < 1.29 is 19.1 Å². The molecule has 0 aromatic heterocycles. The van der Waals surface area contributed by atoms with Crippen molar-refractivity contribution in [3.05, 3.63) is 23.8 Å². The second-order valence-electron chi connectivity index (χ2n) is 8.46. The van der Waals surface area contributed by atoms with Crippen molar-refractivity contribution in [1.82, 2.24) is 4.90 Å². The van der Waals surface area contributed by atoms with Crippen molar-refractivity contribution >= 4 is 35.7 Å². The zero-order valence-corrected chi connectivity index (χ0v) is 18.1. The Hall–Kier alpha value is -2.12. The van der Waals surface area contributed by atoms with E-state index in [-0.39, 0.29) is 41.8 Å². The lowest BCUT2D eigenvalue weighted by Crippen LogP contribution is -2.44. The molecule has 2 heterocycles. The molecule has 0 bridgehead atoms. The minimum Gasteiger partial charge on any atom is -0.479 e. The smallest absolute Gasteiger partial charge is 0.265 e. The Morgan fingerprint density at radius 3 is 2.63 bits per heavy atom. The number of nitrogens with zero attached hydrogens (tertiary/aromatic N) is 1. The van der Waals surface area contributed by atoms with E-state index in [0.717, 1.165) is 19.3 Å². The van der Waals surface area contributed by atoms with Crippen LogP contribution in [0.25, 0.3) is 0 Å². The first kappa shape index (κ1) is 22.6. The Kier molecular flexibility index (Phi) is 7.03. The van der Waals surface area contributed by atoms with Crippen LogP contribution < -0.4 is 15.8 Å². The van der Waals surface area contributed by atoms with E-state index in [9.17, 15) is 14.4 Å². The number of Topliss-reactive ketones (excluding diaryl/α,β-unsaturated/α-hetero) is 1. The van der Waals surface area contributed by atoms with E-state index in [0.29, 0.717) is 55.4 Å². The number of carbonyl (C=O) groups excluding carboxylic acids is 3. The number of ketones is 1.